The highest BCUT2D eigenvalue weighted by Gasteiger charge is 2.35. The van der Waals surface area contributed by atoms with Gasteiger partial charge in [-0.3, -0.25) is 0 Å². The van der Waals surface area contributed by atoms with Crippen molar-refractivity contribution in [3.05, 3.63) is 29.3 Å². The van der Waals surface area contributed by atoms with Crippen LogP contribution < -0.4 is 0 Å². The predicted molar refractivity (Wildman–Crippen MR) is 73.3 cm³/mol. The number of piperidine rings is 1. The lowest BCUT2D eigenvalue weighted by molar-refractivity contribution is 0.204. The predicted octanol–water partition coefficient (Wildman–Crippen LogP) is 3.29. The van der Waals surface area contributed by atoms with E-state index in [1.807, 2.05) is 13.8 Å². The van der Waals surface area contributed by atoms with Gasteiger partial charge in [0.05, 0.1) is 4.90 Å². The molecule has 1 fully saturated rings. The third-order valence-electron chi connectivity index (χ3n) is 3.50. The summed E-state index contributed by atoms with van der Waals surface area (Å²) in [6.07, 6.45) is 2.95. The van der Waals surface area contributed by atoms with E-state index in [9.17, 15) is 8.42 Å². The molecule has 3 nitrogen and oxygen atoms in total. The molecule has 1 aromatic carbocycles. The van der Waals surface area contributed by atoms with Crippen LogP contribution in [0.25, 0.3) is 0 Å². The van der Waals surface area contributed by atoms with E-state index in [1.165, 1.54) is 0 Å². The summed E-state index contributed by atoms with van der Waals surface area (Å²) in [6, 6.07) is 6.52. The van der Waals surface area contributed by atoms with Crippen LogP contribution in [0.4, 0.5) is 0 Å². The fourth-order valence-corrected chi connectivity index (χ4v) is 4.61. The highest BCUT2D eigenvalue weighted by molar-refractivity contribution is 7.89. The molecule has 2 atom stereocenters. The van der Waals surface area contributed by atoms with E-state index >= 15 is 0 Å². The van der Waals surface area contributed by atoms with Gasteiger partial charge in [0.25, 0.3) is 0 Å². The summed E-state index contributed by atoms with van der Waals surface area (Å²) in [4.78, 5) is 0.326. The summed E-state index contributed by atoms with van der Waals surface area (Å²) in [7, 11) is -3.40. The fourth-order valence-electron chi connectivity index (χ4n) is 2.60. The molecule has 0 amide bonds. The van der Waals surface area contributed by atoms with Crippen LogP contribution >= 0.6 is 11.6 Å². The number of rotatable bonds is 2. The van der Waals surface area contributed by atoms with E-state index in [4.69, 9.17) is 11.6 Å². The van der Waals surface area contributed by atoms with Crippen LogP contribution in [0, 0.1) is 0 Å². The molecule has 1 saturated heterocycles. The van der Waals surface area contributed by atoms with Gasteiger partial charge in [-0.1, -0.05) is 18.0 Å². The van der Waals surface area contributed by atoms with Gasteiger partial charge in [0.1, 0.15) is 0 Å². The third-order valence-corrected chi connectivity index (χ3v) is 5.90. The Morgan fingerprint density at radius 1 is 1.11 bits per heavy atom. The van der Waals surface area contributed by atoms with Crippen molar-refractivity contribution in [2.45, 2.75) is 50.1 Å². The quantitative estimate of drug-likeness (QED) is 0.837. The van der Waals surface area contributed by atoms with Gasteiger partial charge in [0.2, 0.25) is 10.0 Å². The summed E-state index contributed by atoms with van der Waals surface area (Å²) in [5.74, 6) is 0. The Balaban J connectivity index is 2.38. The molecule has 0 aromatic heterocycles. The van der Waals surface area contributed by atoms with E-state index in [0.29, 0.717) is 9.92 Å². The van der Waals surface area contributed by atoms with E-state index in [0.717, 1.165) is 19.3 Å². The second kappa shape index (κ2) is 5.19. The first-order valence-corrected chi connectivity index (χ1v) is 8.04. The largest absolute Gasteiger partial charge is 0.243 e. The molecule has 0 aliphatic carbocycles. The minimum absolute atomic E-state index is 0.0643. The molecule has 1 aliphatic heterocycles. The van der Waals surface area contributed by atoms with Gasteiger partial charge in [-0.2, -0.15) is 4.31 Å². The van der Waals surface area contributed by atoms with Gasteiger partial charge in [-0.25, -0.2) is 8.42 Å². The van der Waals surface area contributed by atoms with E-state index < -0.39 is 10.0 Å². The lowest BCUT2D eigenvalue weighted by Gasteiger charge is -2.37. The number of hydrogen-bond donors (Lipinski definition) is 0. The van der Waals surface area contributed by atoms with Crippen LogP contribution in [0.2, 0.25) is 5.02 Å². The Morgan fingerprint density at radius 3 is 2.11 bits per heavy atom. The maximum Gasteiger partial charge on any atom is 0.243 e. The van der Waals surface area contributed by atoms with Crippen LogP contribution in [0.1, 0.15) is 33.1 Å². The molecule has 18 heavy (non-hydrogen) atoms. The lowest BCUT2D eigenvalue weighted by atomic mass is 10.0. The zero-order valence-electron chi connectivity index (χ0n) is 10.6. The minimum atomic E-state index is -3.40. The smallest absolute Gasteiger partial charge is 0.207 e. The Hall–Kier alpha value is -0.580. The molecule has 0 unspecified atom stereocenters. The third kappa shape index (κ3) is 2.56. The normalized spacial score (nSPS) is 26.2. The molecule has 0 N–H and O–H groups in total. The Morgan fingerprint density at radius 2 is 1.61 bits per heavy atom. The van der Waals surface area contributed by atoms with Crippen LogP contribution in [-0.4, -0.2) is 24.8 Å². The first-order chi connectivity index (χ1) is 8.43. The van der Waals surface area contributed by atoms with Gasteiger partial charge in [0, 0.05) is 17.1 Å². The van der Waals surface area contributed by atoms with Crippen molar-refractivity contribution in [2.75, 3.05) is 0 Å². The molecule has 5 heteroatoms. The minimum Gasteiger partial charge on any atom is -0.207 e. The van der Waals surface area contributed by atoms with Gasteiger partial charge in [-0.15, -0.1) is 0 Å². The summed E-state index contributed by atoms with van der Waals surface area (Å²) in [5.41, 5.74) is 0. The standard InChI is InChI=1S/C13H18ClNO2S/c1-10-4-3-5-11(2)15(10)18(16,17)13-8-6-12(14)7-9-13/h6-11H,3-5H2,1-2H3/t10-,11+. The van der Waals surface area contributed by atoms with Gasteiger partial charge < -0.3 is 0 Å². The lowest BCUT2D eigenvalue weighted by Crippen LogP contribution is -2.47. The summed E-state index contributed by atoms with van der Waals surface area (Å²) < 4.78 is 26.8. The van der Waals surface area contributed by atoms with Crippen molar-refractivity contribution in [2.24, 2.45) is 0 Å². The monoisotopic (exact) mass is 287 g/mol. The highest BCUT2D eigenvalue weighted by atomic mass is 35.5. The van der Waals surface area contributed by atoms with Crippen molar-refractivity contribution in [1.29, 1.82) is 0 Å². The molecule has 1 aromatic rings. The SMILES string of the molecule is C[C@@H]1CCC[C@H](C)N1S(=O)(=O)c1ccc(Cl)cc1. The average Bonchev–Trinajstić information content (AvgIpc) is 2.29. The van der Waals surface area contributed by atoms with Crippen molar-refractivity contribution in [3.8, 4) is 0 Å². The number of hydrogen-bond acceptors (Lipinski definition) is 2. The molecule has 0 bridgehead atoms. The van der Waals surface area contributed by atoms with Crippen molar-refractivity contribution in [3.63, 3.8) is 0 Å². The fraction of sp³-hybridized carbons (Fsp3) is 0.538. The van der Waals surface area contributed by atoms with Crippen LogP contribution in [0.3, 0.4) is 0 Å². The topological polar surface area (TPSA) is 37.4 Å². The number of sulfonamides is 1. The van der Waals surface area contributed by atoms with E-state index in [1.54, 1.807) is 28.6 Å². The Bertz CT molecular complexity index is 502. The average molecular weight is 288 g/mol. The van der Waals surface area contributed by atoms with Crippen molar-refractivity contribution < 1.29 is 8.42 Å². The molecule has 1 heterocycles. The Labute approximate surface area is 114 Å². The van der Waals surface area contributed by atoms with Gasteiger partial charge >= 0.3 is 0 Å². The van der Waals surface area contributed by atoms with Gasteiger partial charge in [-0.05, 0) is 51.0 Å². The number of nitrogens with zero attached hydrogens (tertiary/aromatic N) is 1. The molecular formula is C13H18ClNO2S. The van der Waals surface area contributed by atoms with Crippen LogP contribution in [0.15, 0.2) is 29.2 Å². The number of halogens is 1. The second-order valence-electron chi connectivity index (χ2n) is 4.92. The number of benzene rings is 1. The summed E-state index contributed by atoms with van der Waals surface area (Å²) >= 11 is 5.80. The summed E-state index contributed by atoms with van der Waals surface area (Å²) in [6.45, 7) is 3.95. The maximum absolute atomic E-state index is 12.6. The zero-order valence-corrected chi connectivity index (χ0v) is 12.2. The summed E-state index contributed by atoms with van der Waals surface area (Å²) in [5, 5.41) is 0.550. The molecule has 0 spiro atoms. The van der Waals surface area contributed by atoms with Crippen molar-refractivity contribution in [1.82, 2.24) is 4.31 Å². The Kier molecular flexibility index (Phi) is 3.99. The van der Waals surface area contributed by atoms with Crippen LogP contribution in [-0.2, 0) is 10.0 Å². The molecule has 100 valence electrons. The van der Waals surface area contributed by atoms with E-state index in [-0.39, 0.29) is 12.1 Å². The maximum atomic E-state index is 12.6. The molecule has 2 rings (SSSR count). The van der Waals surface area contributed by atoms with Crippen molar-refractivity contribution >= 4 is 21.6 Å². The molecule has 0 radical (unpaired) electrons. The molecular weight excluding hydrogens is 270 g/mol. The molecule has 0 saturated carbocycles. The first-order valence-electron chi connectivity index (χ1n) is 6.22. The second-order valence-corrected chi connectivity index (χ2v) is 7.20. The van der Waals surface area contributed by atoms with Gasteiger partial charge in [0.15, 0.2) is 0 Å². The van der Waals surface area contributed by atoms with Crippen LogP contribution in [0.5, 0.6) is 0 Å². The first kappa shape index (κ1) is 13.8. The highest BCUT2D eigenvalue weighted by Crippen LogP contribution is 2.29. The molecule has 1 aliphatic rings. The zero-order chi connectivity index (χ0) is 13.3. The van der Waals surface area contributed by atoms with E-state index in [2.05, 4.69) is 0 Å².